The van der Waals surface area contributed by atoms with Crippen LogP contribution in [0.5, 0.6) is 5.75 Å². The molecular formula is C20H26INO4. The van der Waals surface area contributed by atoms with Crippen molar-refractivity contribution in [1.82, 2.24) is 5.32 Å². The molecule has 3 aliphatic rings. The first kappa shape index (κ1) is 18.5. The Labute approximate surface area is 168 Å². The normalized spacial score (nSPS) is 37.2. The highest BCUT2D eigenvalue weighted by Crippen LogP contribution is 2.66. The Morgan fingerprint density at radius 3 is 2.92 bits per heavy atom. The van der Waals surface area contributed by atoms with Crippen LogP contribution in [0.25, 0.3) is 0 Å². The molecule has 1 amide bonds. The first-order valence-corrected chi connectivity index (χ1v) is 10.5. The van der Waals surface area contributed by atoms with Gasteiger partial charge in [-0.15, -0.1) is 0 Å². The number of aliphatic hydroxyl groups is 1. The van der Waals surface area contributed by atoms with Crippen molar-refractivity contribution in [1.29, 1.82) is 0 Å². The lowest BCUT2D eigenvalue weighted by atomic mass is 9.39. The largest absolute Gasteiger partial charge is 0.490 e. The van der Waals surface area contributed by atoms with Crippen LogP contribution in [0.2, 0.25) is 0 Å². The minimum Gasteiger partial charge on any atom is -0.490 e. The van der Waals surface area contributed by atoms with Crippen molar-refractivity contribution >= 4 is 28.5 Å². The molecule has 0 aromatic heterocycles. The number of rotatable bonds is 6. The van der Waals surface area contributed by atoms with Crippen molar-refractivity contribution in [2.24, 2.45) is 23.7 Å². The molecule has 3 fully saturated rings. The fraction of sp³-hybridized carbons (Fsp3) is 0.650. The van der Waals surface area contributed by atoms with Gasteiger partial charge in [0.1, 0.15) is 12.4 Å². The van der Waals surface area contributed by atoms with Gasteiger partial charge in [0.05, 0.1) is 17.8 Å². The van der Waals surface area contributed by atoms with Gasteiger partial charge in [0.25, 0.3) is 5.91 Å². The molecule has 4 unspecified atom stereocenters. The molecule has 142 valence electrons. The van der Waals surface area contributed by atoms with E-state index in [-0.39, 0.29) is 17.9 Å². The number of hydrogen-bond donors (Lipinski definition) is 2. The predicted octanol–water partition coefficient (Wildman–Crippen LogP) is 2.84. The number of amides is 1. The topological polar surface area (TPSA) is 67.8 Å². The Kier molecular flexibility index (Phi) is 4.94. The summed E-state index contributed by atoms with van der Waals surface area (Å²) in [6.45, 7) is 3.04. The monoisotopic (exact) mass is 471 g/mol. The van der Waals surface area contributed by atoms with Crippen molar-refractivity contribution in [3.05, 3.63) is 27.3 Å². The molecular weight excluding hydrogens is 445 g/mol. The molecule has 2 N–H and O–H groups in total. The number of halogens is 1. The molecule has 0 saturated heterocycles. The van der Waals surface area contributed by atoms with E-state index in [1.54, 1.807) is 7.11 Å². The Morgan fingerprint density at radius 2 is 2.19 bits per heavy atom. The first-order chi connectivity index (χ1) is 12.4. The Hall–Kier alpha value is -0.860. The third kappa shape index (κ3) is 3.03. The summed E-state index contributed by atoms with van der Waals surface area (Å²) >= 11 is 2.22. The van der Waals surface area contributed by atoms with Crippen LogP contribution in [-0.2, 0) is 4.74 Å². The summed E-state index contributed by atoms with van der Waals surface area (Å²) in [4.78, 5) is 13.0. The number of carbonyl (C=O) groups excluding carboxylic acids is 1. The molecule has 4 rings (SSSR count). The Balaban J connectivity index is 1.48. The van der Waals surface area contributed by atoms with Crippen molar-refractivity contribution in [2.75, 3.05) is 20.3 Å². The van der Waals surface area contributed by atoms with Gasteiger partial charge in [-0.25, -0.2) is 0 Å². The van der Waals surface area contributed by atoms with E-state index in [0.29, 0.717) is 42.3 Å². The molecule has 0 heterocycles. The lowest BCUT2D eigenvalue weighted by molar-refractivity contribution is -0.260. The zero-order chi connectivity index (χ0) is 18.5. The molecule has 0 spiro atoms. The summed E-state index contributed by atoms with van der Waals surface area (Å²) in [7, 11) is 1.63. The summed E-state index contributed by atoms with van der Waals surface area (Å²) in [5, 5.41) is 14.0. The van der Waals surface area contributed by atoms with Crippen LogP contribution in [-0.4, -0.2) is 43.0 Å². The van der Waals surface area contributed by atoms with Crippen LogP contribution in [0.3, 0.4) is 0 Å². The third-order valence-electron chi connectivity index (χ3n) is 6.56. The van der Waals surface area contributed by atoms with Gasteiger partial charge in [-0.2, -0.15) is 0 Å². The van der Waals surface area contributed by atoms with E-state index in [1.807, 2.05) is 18.2 Å². The summed E-state index contributed by atoms with van der Waals surface area (Å²) in [6.07, 6.45) is 2.87. The maximum Gasteiger partial charge on any atom is 0.255 e. The first-order valence-electron chi connectivity index (χ1n) is 9.37. The summed E-state index contributed by atoms with van der Waals surface area (Å²) in [5.41, 5.74) is 0.102. The summed E-state index contributed by atoms with van der Waals surface area (Å²) in [6, 6.07) is 5.78. The summed E-state index contributed by atoms with van der Waals surface area (Å²) in [5.74, 6) is 2.27. The molecule has 0 bridgehead atoms. The van der Waals surface area contributed by atoms with E-state index in [2.05, 4.69) is 34.8 Å². The van der Waals surface area contributed by atoms with Gasteiger partial charge in [-0.1, -0.05) is 6.92 Å². The van der Waals surface area contributed by atoms with E-state index in [9.17, 15) is 9.90 Å². The minimum absolute atomic E-state index is 0.0844. The van der Waals surface area contributed by atoms with E-state index >= 15 is 0 Å². The van der Waals surface area contributed by atoms with Crippen molar-refractivity contribution in [3.8, 4) is 5.75 Å². The van der Waals surface area contributed by atoms with Crippen molar-refractivity contribution < 1.29 is 19.4 Å². The number of hydrogen-bond acceptors (Lipinski definition) is 4. The number of methoxy groups -OCH3 is 1. The molecule has 3 aliphatic carbocycles. The molecule has 6 heteroatoms. The maximum absolute atomic E-state index is 13.0. The van der Waals surface area contributed by atoms with Crippen LogP contribution in [0, 0.1) is 27.2 Å². The van der Waals surface area contributed by atoms with Crippen molar-refractivity contribution in [3.63, 3.8) is 0 Å². The van der Waals surface area contributed by atoms with Crippen LogP contribution in [0.1, 0.15) is 36.5 Å². The maximum atomic E-state index is 13.0. The average molecular weight is 471 g/mol. The van der Waals surface area contributed by atoms with Crippen LogP contribution in [0.15, 0.2) is 18.2 Å². The highest BCUT2D eigenvalue weighted by Gasteiger charge is 2.67. The highest BCUT2D eigenvalue weighted by atomic mass is 127. The molecule has 1 aromatic rings. The van der Waals surface area contributed by atoms with E-state index in [0.717, 1.165) is 22.8 Å². The van der Waals surface area contributed by atoms with Gasteiger partial charge in [0, 0.05) is 16.7 Å². The molecule has 1 aromatic carbocycles. The van der Waals surface area contributed by atoms with E-state index in [1.165, 1.54) is 0 Å². The Morgan fingerprint density at radius 1 is 1.38 bits per heavy atom. The van der Waals surface area contributed by atoms with Gasteiger partial charge in [0.15, 0.2) is 0 Å². The fourth-order valence-electron chi connectivity index (χ4n) is 5.49. The molecule has 26 heavy (non-hydrogen) atoms. The van der Waals surface area contributed by atoms with Crippen LogP contribution < -0.4 is 10.1 Å². The second kappa shape index (κ2) is 6.95. The summed E-state index contributed by atoms with van der Waals surface area (Å²) < 4.78 is 11.8. The lowest BCUT2D eigenvalue weighted by Crippen LogP contribution is -2.73. The third-order valence-corrected chi connectivity index (χ3v) is 7.23. The predicted molar refractivity (Wildman–Crippen MR) is 106 cm³/mol. The Bertz CT molecular complexity index is 711. The van der Waals surface area contributed by atoms with Gasteiger partial charge in [-0.3, -0.25) is 4.79 Å². The van der Waals surface area contributed by atoms with E-state index < -0.39 is 5.60 Å². The molecule has 5 nitrogen and oxygen atoms in total. The smallest absolute Gasteiger partial charge is 0.255 e. The molecule has 0 radical (unpaired) electrons. The number of nitrogens with one attached hydrogen (secondary N) is 1. The SMILES string of the molecule is COCCOc1cc(I)ccc1C(=O)N[C@@H]1C(C)C[C@]2(O)CC3CC1C32. The zero-order valence-corrected chi connectivity index (χ0v) is 17.4. The average Bonchev–Trinajstić information content (AvgIpc) is 2.55. The quantitative estimate of drug-likeness (QED) is 0.495. The molecule has 0 aliphatic heterocycles. The van der Waals surface area contributed by atoms with Crippen molar-refractivity contribution in [2.45, 2.75) is 37.8 Å². The van der Waals surface area contributed by atoms with Crippen LogP contribution >= 0.6 is 22.6 Å². The van der Waals surface area contributed by atoms with Gasteiger partial charge in [-0.05, 0) is 83.7 Å². The number of ether oxygens (including phenoxy) is 2. The van der Waals surface area contributed by atoms with Gasteiger partial charge < -0.3 is 19.9 Å². The zero-order valence-electron chi connectivity index (χ0n) is 15.2. The van der Waals surface area contributed by atoms with Gasteiger partial charge >= 0.3 is 0 Å². The number of carbonyl (C=O) groups is 1. The minimum atomic E-state index is -0.467. The van der Waals surface area contributed by atoms with Crippen LogP contribution in [0.4, 0.5) is 0 Å². The molecule has 6 atom stereocenters. The van der Waals surface area contributed by atoms with E-state index in [4.69, 9.17) is 9.47 Å². The lowest BCUT2D eigenvalue weighted by Gasteiger charge is -2.69. The van der Waals surface area contributed by atoms with Gasteiger partial charge in [0.2, 0.25) is 0 Å². The second-order valence-electron chi connectivity index (χ2n) is 8.16. The second-order valence-corrected chi connectivity index (χ2v) is 9.40. The number of benzene rings is 1. The standard InChI is InChI=1S/C20H26INO4/c1-11-9-20(24)10-12-7-15(17(12)20)18(11)22-19(23)14-4-3-13(21)8-16(14)26-6-5-25-2/h3-4,8,11-12,15,17-18,24H,5-7,9-10H2,1-2H3,(H,22,23)/t11?,12?,15?,17?,18-,20+/m1/s1. The fourth-order valence-corrected chi connectivity index (χ4v) is 5.95. The molecule has 3 saturated carbocycles. The highest BCUT2D eigenvalue weighted by molar-refractivity contribution is 14.1.